The SMILES string of the molecule is CC(=O)c1ccc(O)c(-c2cc(CC(=O)O)cc(-c3nc4ccc(C(=N)N)cc4[nH]3)c2O)c1. The number of amidine groups is 1. The van der Waals surface area contributed by atoms with Gasteiger partial charge in [0.1, 0.15) is 23.2 Å². The van der Waals surface area contributed by atoms with Crippen LogP contribution in [-0.4, -0.2) is 42.9 Å². The molecule has 1 aromatic heterocycles. The lowest BCUT2D eigenvalue weighted by Gasteiger charge is -2.13. The van der Waals surface area contributed by atoms with E-state index in [1.807, 2.05) is 0 Å². The van der Waals surface area contributed by atoms with Crippen molar-refractivity contribution in [1.29, 1.82) is 5.41 Å². The lowest BCUT2D eigenvalue weighted by Crippen LogP contribution is -2.10. The summed E-state index contributed by atoms with van der Waals surface area (Å²) >= 11 is 0. The smallest absolute Gasteiger partial charge is 0.307 e. The van der Waals surface area contributed by atoms with Crippen molar-refractivity contribution in [3.8, 4) is 34.0 Å². The summed E-state index contributed by atoms with van der Waals surface area (Å²) in [5.41, 5.74) is 8.43. The number of fused-ring (bicyclic) bond motifs is 1. The molecule has 0 fully saturated rings. The Bertz CT molecular complexity index is 1460. The number of carboxylic acid groups (broad SMARTS) is 1. The van der Waals surface area contributed by atoms with E-state index in [2.05, 4.69) is 9.97 Å². The number of ketones is 1. The highest BCUT2D eigenvalue weighted by atomic mass is 16.4. The van der Waals surface area contributed by atoms with Crippen molar-refractivity contribution in [1.82, 2.24) is 9.97 Å². The first-order valence-corrected chi connectivity index (χ1v) is 9.90. The molecule has 4 aromatic rings. The van der Waals surface area contributed by atoms with Crippen LogP contribution in [0.15, 0.2) is 48.5 Å². The first-order chi connectivity index (χ1) is 15.6. The highest BCUT2D eigenvalue weighted by Crippen LogP contribution is 2.42. The van der Waals surface area contributed by atoms with Crippen LogP contribution in [0.1, 0.15) is 28.4 Å². The molecule has 0 bridgehead atoms. The maximum Gasteiger partial charge on any atom is 0.307 e. The van der Waals surface area contributed by atoms with Gasteiger partial charge in [0, 0.05) is 22.3 Å². The second-order valence-electron chi connectivity index (χ2n) is 7.63. The summed E-state index contributed by atoms with van der Waals surface area (Å²) in [6, 6.07) is 12.2. The molecule has 0 spiro atoms. The van der Waals surface area contributed by atoms with Gasteiger partial charge < -0.3 is 26.0 Å². The van der Waals surface area contributed by atoms with Crippen molar-refractivity contribution in [3.05, 3.63) is 65.2 Å². The molecular formula is C24H20N4O5. The third kappa shape index (κ3) is 4.11. The number of phenols is 2. The van der Waals surface area contributed by atoms with Gasteiger partial charge in [-0.1, -0.05) is 0 Å². The fourth-order valence-electron chi connectivity index (χ4n) is 3.63. The molecule has 0 aliphatic heterocycles. The quantitative estimate of drug-likeness (QED) is 0.150. The third-order valence-corrected chi connectivity index (χ3v) is 5.27. The topological polar surface area (TPSA) is 173 Å². The van der Waals surface area contributed by atoms with Gasteiger partial charge >= 0.3 is 5.97 Å². The lowest BCUT2D eigenvalue weighted by atomic mass is 9.94. The Hall–Kier alpha value is -4.66. The molecule has 0 radical (unpaired) electrons. The number of phenolic OH excluding ortho intramolecular Hbond substituents is 2. The number of carbonyl (C=O) groups excluding carboxylic acids is 1. The third-order valence-electron chi connectivity index (χ3n) is 5.27. The van der Waals surface area contributed by atoms with Crippen molar-refractivity contribution < 1.29 is 24.9 Å². The minimum atomic E-state index is -1.07. The molecule has 9 heteroatoms. The number of Topliss-reactive ketones (excluding diaryl/α,β-unsaturated/α-hetero) is 1. The predicted octanol–water partition coefficient (Wildman–Crippen LogP) is 3.42. The van der Waals surface area contributed by atoms with Gasteiger partial charge in [0.25, 0.3) is 0 Å². The Morgan fingerprint density at radius 2 is 1.70 bits per heavy atom. The number of hydrogen-bond acceptors (Lipinski definition) is 6. The number of imidazole rings is 1. The number of hydrogen-bond donors (Lipinski definition) is 6. The summed E-state index contributed by atoms with van der Waals surface area (Å²) in [4.78, 5) is 30.8. The molecule has 0 saturated heterocycles. The summed E-state index contributed by atoms with van der Waals surface area (Å²) in [5.74, 6) is -1.57. The number of carboxylic acids is 1. The number of nitrogens with zero attached hydrogens (tertiary/aromatic N) is 1. The van der Waals surface area contributed by atoms with Crippen LogP contribution in [0.25, 0.3) is 33.5 Å². The normalized spacial score (nSPS) is 10.9. The number of aliphatic carboxylic acids is 1. The summed E-state index contributed by atoms with van der Waals surface area (Å²) in [5, 5.41) is 38.5. The summed E-state index contributed by atoms with van der Waals surface area (Å²) in [6.45, 7) is 1.38. The number of H-pyrrole nitrogens is 1. The van der Waals surface area contributed by atoms with E-state index < -0.39 is 5.97 Å². The standard InChI is InChI=1S/C24H20N4O5/c1-11(29)13-3-5-20(30)15(9-13)16-6-12(8-21(31)32)7-17(22(16)33)24-27-18-4-2-14(23(25)26)10-19(18)28-24/h2-7,9-10,30,33H,8H2,1H3,(H3,25,26)(H,27,28)(H,31,32). The zero-order chi connectivity index (χ0) is 23.9. The van der Waals surface area contributed by atoms with Crippen molar-refractivity contribution in [2.45, 2.75) is 13.3 Å². The minimum Gasteiger partial charge on any atom is -0.507 e. The molecule has 4 rings (SSSR count). The van der Waals surface area contributed by atoms with Gasteiger partial charge in [-0.25, -0.2) is 4.98 Å². The molecule has 33 heavy (non-hydrogen) atoms. The van der Waals surface area contributed by atoms with E-state index in [1.54, 1.807) is 18.2 Å². The number of nitrogens with two attached hydrogens (primary N) is 1. The van der Waals surface area contributed by atoms with Gasteiger partial charge in [-0.05, 0) is 61.0 Å². The number of aromatic amines is 1. The number of aromatic nitrogens is 2. The Morgan fingerprint density at radius 1 is 1.00 bits per heavy atom. The van der Waals surface area contributed by atoms with Crippen molar-refractivity contribution in [2.75, 3.05) is 0 Å². The number of nitrogen functional groups attached to an aromatic ring is 1. The number of aromatic hydroxyl groups is 2. The molecule has 0 aliphatic rings. The zero-order valence-electron chi connectivity index (χ0n) is 17.5. The number of nitrogens with one attached hydrogen (secondary N) is 2. The van der Waals surface area contributed by atoms with Crippen LogP contribution in [-0.2, 0) is 11.2 Å². The highest BCUT2D eigenvalue weighted by Gasteiger charge is 2.20. The highest BCUT2D eigenvalue weighted by molar-refractivity contribution is 5.99. The largest absolute Gasteiger partial charge is 0.507 e. The van der Waals surface area contributed by atoms with Gasteiger partial charge in [0.05, 0.1) is 23.0 Å². The van der Waals surface area contributed by atoms with Crippen molar-refractivity contribution in [2.24, 2.45) is 5.73 Å². The van der Waals surface area contributed by atoms with Gasteiger partial charge in [-0.15, -0.1) is 0 Å². The maximum atomic E-state index is 11.8. The van der Waals surface area contributed by atoms with E-state index in [0.717, 1.165) is 0 Å². The van der Waals surface area contributed by atoms with E-state index in [0.29, 0.717) is 27.7 Å². The average Bonchev–Trinajstić information content (AvgIpc) is 3.17. The van der Waals surface area contributed by atoms with E-state index >= 15 is 0 Å². The monoisotopic (exact) mass is 444 g/mol. The van der Waals surface area contributed by atoms with E-state index in [1.165, 1.54) is 37.3 Å². The fraction of sp³-hybridized carbons (Fsp3) is 0.0833. The molecule has 0 unspecified atom stereocenters. The Kier molecular flexibility index (Phi) is 5.31. The molecule has 9 nitrogen and oxygen atoms in total. The molecule has 7 N–H and O–H groups in total. The summed E-state index contributed by atoms with van der Waals surface area (Å²) < 4.78 is 0. The number of carbonyl (C=O) groups is 2. The summed E-state index contributed by atoms with van der Waals surface area (Å²) in [6.07, 6.45) is -0.331. The van der Waals surface area contributed by atoms with Crippen LogP contribution < -0.4 is 5.73 Å². The first kappa shape index (κ1) is 21.6. The van der Waals surface area contributed by atoms with Gasteiger partial charge in [0.2, 0.25) is 0 Å². The van der Waals surface area contributed by atoms with Crippen LogP contribution >= 0.6 is 0 Å². The predicted molar refractivity (Wildman–Crippen MR) is 123 cm³/mol. The average molecular weight is 444 g/mol. The van der Waals surface area contributed by atoms with Gasteiger partial charge in [-0.3, -0.25) is 15.0 Å². The Balaban J connectivity index is 1.95. The van der Waals surface area contributed by atoms with Crippen LogP contribution in [0.2, 0.25) is 0 Å². The van der Waals surface area contributed by atoms with Crippen molar-refractivity contribution >= 4 is 28.6 Å². The molecule has 0 amide bonds. The van der Waals surface area contributed by atoms with Gasteiger partial charge in [-0.2, -0.15) is 0 Å². The summed E-state index contributed by atoms with van der Waals surface area (Å²) in [7, 11) is 0. The number of rotatable bonds is 6. The molecule has 166 valence electrons. The van der Waals surface area contributed by atoms with Crippen molar-refractivity contribution in [3.63, 3.8) is 0 Å². The lowest BCUT2D eigenvalue weighted by molar-refractivity contribution is -0.136. The van der Waals surface area contributed by atoms with E-state index in [9.17, 15) is 24.9 Å². The minimum absolute atomic E-state index is 0.109. The first-order valence-electron chi connectivity index (χ1n) is 9.90. The van der Waals surface area contributed by atoms with Crippen LogP contribution in [0.3, 0.4) is 0 Å². The molecule has 0 saturated carbocycles. The molecule has 0 aliphatic carbocycles. The zero-order valence-corrected chi connectivity index (χ0v) is 17.5. The number of benzene rings is 3. The fourth-order valence-corrected chi connectivity index (χ4v) is 3.63. The molecular weight excluding hydrogens is 424 g/mol. The van der Waals surface area contributed by atoms with Crippen LogP contribution in [0.4, 0.5) is 0 Å². The van der Waals surface area contributed by atoms with Crippen LogP contribution in [0.5, 0.6) is 11.5 Å². The van der Waals surface area contributed by atoms with E-state index in [-0.39, 0.29) is 52.1 Å². The molecule has 1 heterocycles. The van der Waals surface area contributed by atoms with Gasteiger partial charge in [0.15, 0.2) is 5.78 Å². The second kappa shape index (κ2) is 8.12. The van der Waals surface area contributed by atoms with E-state index in [4.69, 9.17) is 11.1 Å². The van der Waals surface area contributed by atoms with Crippen LogP contribution in [0, 0.1) is 5.41 Å². The molecule has 0 atom stereocenters. The Morgan fingerprint density at radius 3 is 2.36 bits per heavy atom. The second-order valence-corrected chi connectivity index (χ2v) is 7.63. The maximum absolute atomic E-state index is 11.8. The molecule has 3 aromatic carbocycles. The Labute approximate surface area is 187 Å².